The first-order chi connectivity index (χ1) is 9.86. The second-order valence-corrected chi connectivity index (χ2v) is 5.19. The molecule has 1 aromatic carbocycles. The van der Waals surface area contributed by atoms with Gasteiger partial charge in [-0.05, 0) is 42.3 Å². The average molecular weight is 272 g/mol. The van der Waals surface area contributed by atoms with Crippen LogP contribution in [-0.2, 0) is 4.74 Å². The van der Waals surface area contributed by atoms with E-state index in [1.165, 1.54) is 12.8 Å². The molecule has 1 aliphatic carbocycles. The molecule has 0 saturated heterocycles. The van der Waals surface area contributed by atoms with Crippen molar-refractivity contribution in [1.82, 2.24) is 4.98 Å². The summed E-state index contributed by atoms with van der Waals surface area (Å²) in [5.41, 5.74) is 0. The fraction of sp³-hybridized carbons (Fsp3) is 0.438. The number of nitrogens with one attached hydrogen (secondary N) is 1. The molecule has 2 aromatic rings. The number of nitrogens with zero attached hydrogens (tertiary/aromatic N) is 1. The molecule has 1 aliphatic rings. The van der Waals surface area contributed by atoms with Gasteiger partial charge in [0.2, 0.25) is 0 Å². The van der Waals surface area contributed by atoms with Gasteiger partial charge in [0.15, 0.2) is 0 Å². The summed E-state index contributed by atoms with van der Waals surface area (Å²) in [5, 5.41) is 5.57. The lowest BCUT2D eigenvalue weighted by atomic mass is 10.1. The van der Waals surface area contributed by atoms with Crippen molar-refractivity contribution in [3.05, 3.63) is 30.5 Å². The maximum absolute atomic E-state index is 5.62. The Labute approximate surface area is 119 Å². The molecule has 1 aromatic heterocycles. The zero-order valence-corrected chi connectivity index (χ0v) is 11.8. The van der Waals surface area contributed by atoms with Gasteiger partial charge in [0, 0.05) is 24.7 Å². The molecule has 1 fully saturated rings. The third-order valence-electron chi connectivity index (χ3n) is 3.56. The van der Waals surface area contributed by atoms with Crippen molar-refractivity contribution in [3.63, 3.8) is 0 Å². The number of benzene rings is 1. The number of hydrogen-bond donors (Lipinski definition) is 1. The highest BCUT2D eigenvalue weighted by Crippen LogP contribution is 2.28. The molecule has 0 unspecified atom stereocenters. The van der Waals surface area contributed by atoms with Crippen LogP contribution in [0.15, 0.2) is 30.5 Å². The van der Waals surface area contributed by atoms with E-state index in [1.807, 2.05) is 30.5 Å². The highest BCUT2D eigenvalue weighted by molar-refractivity contribution is 5.92. The molecule has 0 aliphatic heterocycles. The summed E-state index contributed by atoms with van der Waals surface area (Å²) in [6, 6.07) is 8.02. The zero-order valence-electron chi connectivity index (χ0n) is 11.8. The summed E-state index contributed by atoms with van der Waals surface area (Å²) in [5.74, 6) is 2.55. The Balaban J connectivity index is 1.63. The van der Waals surface area contributed by atoms with Gasteiger partial charge in [0.1, 0.15) is 11.6 Å². The van der Waals surface area contributed by atoms with Gasteiger partial charge in [-0.15, -0.1) is 0 Å². The van der Waals surface area contributed by atoms with Crippen molar-refractivity contribution in [3.8, 4) is 5.75 Å². The highest BCUT2D eigenvalue weighted by atomic mass is 16.5. The number of ether oxygens (including phenoxy) is 2. The summed E-state index contributed by atoms with van der Waals surface area (Å²) >= 11 is 0. The van der Waals surface area contributed by atoms with E-state index in [0.29, 0.717) is 0 Å². The van der Waals surface area contributed by atoms with E-state index in [0.717, 1.165) is 48.0 Å². The van der Waals surface area contributed by atoms with Crippen molar-refractivity contribution in [2.45, 2.75) is 12.8 Å². The maximum Gasteiger partial charge on any atom is 0.134 e. The van der Waals surface area contributed by atoms with Crippen LogP contribution in [0.25, 0.3) is 10.8 Å². The van der Waals surface area contributed by atoms with Crippen molar-refractivity contribution < 1.29 is 9.47 Å². The minimum atomic E-state index is 0.721. The normalized spacial score (nSPS) is 14.4. The van der Waals surface area contributed by atoms with Gasteiger partial charge in [0.05, 0.1) is 13.7 Å². The number of methoxy groups -OCH3 is 1. The molecule has 1 saturated carbocycles. The van der Waals surface area contributed by atoms with Gasteiger partial charge in [-0.25, -0.2) is 4.98 Å². The van der Waals surface area contributed by atoms with E-state index < -0.39 is 0 Å². The van der Waals surface area contributed by atoms with E-state index in [4.69, 9.17) is 9.47 Å². The molecule has 0 amide bonds. The monoisotopic (exact) mass is 272 g/mol. The Bertz CT molecular complexity index is 582. The van der Waals surface area contributed by atoms with Crippen LogP contribution in [-0.4, -0.2) is 31.9 Å². The summed E-state index contributed by atoms with van der Waals surface area (Å²) in [7, 11) is 1.68. The van der Waals surface area contributed by atoms with E-state index in [2.05, 4.69) is 10.3 Å². The molecule has 106 valence electrons. The average Bonchev–Trinajstić information content (AvgIpc) is 3.31. The van der Waals surface area contributed by atoms with Crippen LogP contribution in [0.4, 0.5) is 5.82 Å². The second kappa shape index (κ2) is 6.09. The standard InChI is InChI=1S/C16H20N2O2/c1-19-14-5-4-13-6-7-17-16(15(13)10-14)18-8-9-20-11-12-2-3-12/h4-7,10,12H,2-3,8-9,11H2,1H3,(H,17,18). The summed E-state index contributed by atoms with van der Waals surface area (Å²) in [6.07, 6.45) is 4.48. The van der Waals surface area contributed by atoms with Crippen LogP contribution in [0.3, 0.4) is 0 Å². The quantitative estimate of drug-likeness (QED) is 0.787. The molecule has 4 heteroatoms. The molecule has 0 spiro atoms. The van der Waals surface area contributed by atoms with Crippen molar-refractivity contribution in [2.24, 2.45) is 5.92 Å². The van der Waals surface area contributed by atoms with Crippen LogP contribution >= 0.6 is 0 Å². The number of rotatable bonds is 7. The highest BCUT2D eigenvalue weighted by Gasteiger charge is 2.20. The van der Waals surface area contributed by atoms with Crippen molar-refractivity contribution in [2.75, 3.05) is 32.2 Å². The lowest BCUT2D eigenvalue weighted by Crippen LogP contribution is -2.11. The Kier molecular flexibility index (Phi) is 4.02. The maximum atomic E-state index is 5.62. The van der Waals surface area contributed by atoms with Gasteiger partial charge in [-0.2, -0.15) is 0 Å². The molecular weight excluding hydrogens is 252 g/mol. The van der Waals surface area contributed by atoms with Gasteiger partial charge < -0.3 is 14.8 Å². The number of pyridine rings is 1. The zero-order chi connectivity index (χ0) is 13.8. The number of fused-ring (bicyclic) bond motifs is 1. The lowest BCUT2D eigenvalue weighted by Gasteiger charge is -2.10. The van der Waals surface area contributed by atoms with Crippen LogP contribution in [0.5, 0.6) is 5.75 Å². The number of anilines is 1. The molecule has 1 N–H and O–H groups in total. The predicted molar refractivity (Wildman–Crippen MR) is 80.3 cm³/mol. The van der Waals surface area contributed by atoms with Gasteiger partial charge in [-0.1, -0.05) is 6.07 Å². The largest absolute Gasteiger partial charge is 0.497 e. The van der Waals surface area contributed by atoms with E-state index in [-0.39, 0.29) is 0 Å². The number of aromatic nitrogens is 1. The smallest absolute Gasteiger partial charge is 0.134 e. The third-order valence-corrected chi connectivity index (χ3v) is 3.56. The Morgan fingerprint density at radius 1 is 1.30 bits per heavy atom. The fourth-order valence-electron chi connectivity index (χ4n) is 2.19. The SMILES string of the molecule is COc1ccc2ccnc(NCCOCC3CC3)c2c1. The molecular formula is C16H20N2O2. The van der Waals surface area contributed by atoms with E-state index >= 15 is 0 Å². The summed E-state index contributed by atoms with van der Waals surface area (Å²) in [6.45, 7) is 2.40. The van der Waals surface area contributed by atoms with E-state index in [9.17, 15) is 0 Å². The predicted octanol–water partition coefficient (Wildman–Crippen LogP) is 3.08. The fourth-order valence-corrected chi connectivity index (χ4v) is 2.19. The Hall–Kier alpha value is -1.81. The summed E-state index contributed by atoms with van der Waals surface area (Å²) in [4.78, 5) is 4.41. The van der Waals surface area contributed by atoms with Crippen molar-refractivity contribution in [1.29, 1.82) is 0 Å². The summed E-state index contributed by atoms with van der Waals surface area (Å²) < 4.78 is 10.9. The van der Waals surface area contributed by atoms with Gasteiger partial charge in [0.25, 0.3) is 0 Å². The van der Waals surface area contributed by atoms with Crippen LogP contribution < -0.4 is 10.1 Å². The second-order valence-electron chi connectivity index (χ2n) is 5.19. The van der Waals surface area contributed by atoms with Crippen molar-refractivity contribution >= 4 is 16.6 Å². The minimum absolute atomic E-state index is 0.721. The molecule has 20 heavy (non-hydrogen) atoms. The first-order valence-electron chi connectivity index (χ1n) is 7.11. The third kappa shape index (κ3) is 3.20. The van der Waals surface area contributed by atoms with Crippen LogP contribution in [0.1, 0.15) is 12.8 Å². The molecule has 4 nitrogen and oxygen atoms in total. The van der Waals surface area contributed by atoms with Crippen LogP contribution in [0, 0.1) is 5.92 Å². The molecule has 3 rings (SSSR count). The Morgan fingerprint density at radius 2 is 2.20 bits per heavy atom. The topological polar surface area (TPSA) is 43.4 Å². The van der Waals surface area contributed by atoms with Gasteiger partial charge >= 0.3 is 0 Å². The number of hydrogen-bond acceptors (Lipinski definition) is 4. The molecule has 0 bridgehead atoms. The molecule has 0 radical (unpaired) electrons. The molecule has 1 heterocycles. The molecule has 0 atom stereocenters. The van der Waals surface area contributed by atoms with Crippen LogP contribution in [0.2, 0.25) is 0 Å². The first-order valence-corrected chi connectivity index (χ1v) is 7.11. The van der Waals surface area contributed by atoms with Gasteiger partial charge in [-0.3, -0.25) is 0 Å². The Morgan fingerprint density at radius 3 is 3.00 bits per heavy atom. The van der Waals surface area contributed by atoms with E-state index in [1.54, 1.807) is 7.11 Å². The first kappa shape index (κ1) is 13.2. The minimum Gasteiger partial charge on any atom is -0.497 e. The lowest BCUT2D eigenvalue weighted by molar-refractivity contribution is 0.134.